The molecule has 0 unspecified atom stereocenters. The highest BCUT2D eigenvalue weighted by Gasteiger charge is 2.23. The molecule has 3 heterocycles. The molecule has 4 aromatic rings. The molecule has 0 aliphatic heterocycles. The van der Waals surface area contributed by atoms with Gasteiger partial charge in [-0.2, -0.15) is 0 Å². The summed E-state index contributed by atoms with van der Waals surface area (Å²) in [6, 6.07) is 10.4. The lowest BCUT2D eigenvalue weighted by atomic mass is 10.2. The number of ether oxygens (including phenoxy) is 1. The third-order valence-corrected chi connectivity index (χ3v) is 7.35. The standard InChI is InChI=1S/C25H22BrCl2N5O3/c1-15-24(26)32-11-5-7-21(25(32)30-15)36-14-18-19(27)8-9-20(23(18)28)31(3)22(35)13-33(16(2)34)17-6-4-10-29-12-17/h4-12H,13-14H2,1-3H3. The predicted octanol–water partition coefficient (Wildman–Crippen LogP) is 5.70. The van der Waals surface area contributed by atoms with Crippen molar-refractivity contribution < 1.29 is 14.3 Å². The summed E-state index contributed by atoms with van der Waals surface area (Å²) in [5, 5.41) is 0.680. The Morgan fingerprint density at radius 3 is 2.64 bits per heavy atom. The van der Waals surface area contributed by atoms with Crippen molar-refractivity contribution in [3.05, 3.63) is 80.9 Å². The van der Waals surface area contributed by atoms with Gasteiger partial charge in [0.05, 0.1) is 28.3 Å². The van der Waals surface area contributed by atoms with Gasteiger partial charge in [-0.3, -0.25) is 19.0 Å². The number of halogens is 3. The number of aryl methyl sites for hydroxylation is 1. The van der Waals surface area contributed by atoms with Gasteiger partial charge in [-0.1, -0.05) is 23.2 Å². The Morgan fingerprint density at radius 2 is 1.94 bits per heavy atom. The number of benzene rings is 1. The van der Waals surface area contributed by atoms with E-state index in [1.165, 1.54) is 22.9 Å². The Kier molecular flexibility index (Phi) is 7.82. The first kappa shape index (κ1) is 25.9. The maximum Gasteiger partial charge on any atom is 0.246 e. The van der Waals surface area contributed by atoms with Gasteiger partial charge in [0.15, 0.2) is 11.4 Å². The number of nitrogens with zero attached hydrogens (tertiary/aromatic N) is 5. The molecule has 3 aromatic heterocycles. The van der Waals surface area contributed by atoms with Gasteiger partial charge >= 0.3 is 0 Å². The van der Waals surface area contributed by atoms with Crippen LogP contribution in [0.25, 0.3) is 5.65 Å². The molecule has 0 N–H and O–H groups in total. The van der Waals surface area contributed by atoms with Crippen LogP contribution in [0.3, 0.4) is 0 Å². The zero-order valence-electron chi connectivity index (χ0n) is 19.7. The van der Waals surface area contributed by atoms with Gasteiger partial charge in [0.25, 0.3) is 0 Å². The largest absolute Gasteiger partial charge is 0.485 e. The molecular weight excluding hydrogens is 569 g/mol. The van der Waals surface area contributed by atoms with Crippen LogP contribution in [0.2, 0.25) is 10.0 Å². The lowest BCUT2D eigenvalue weighted by molar-refractivity contribution is -0.121. The van der Waals surface area contributed by atoms with E-state index in [2.05, 4.69) is 25.9 Å². The summed E-state index contributed by atoms with van der Waals surface area (Å²) in [5.74, 6) is -0.0643. The first-order valence-corrected chi connectivity index (χ1v) is 12.4. The normalized spacial score (nSPS) is 10.9. The molecule has 2 amide bonds. The third kappa shape index (κ3) is 5.18. The number of pyridine rings is 2. The van der Waals surface area contributed by atoms with Crippen molar-refractivity contribution in [2.24, 2.45) is 0 Å². The van der Waals surface area contributed by atoms with Crippen molar-refractivity contribution in [3.63, 3.8) is 0 Å². The summed E-state index contributed by atoms with van der Waals surface area (Å²) in [6.45, 7) is 3.17. The Labute approximate surface area is 226 Å². The minimum atomic E-state index is -0.340. The van der Waals surface area contributed by atoms with Crippen LogP contribution in [0.4, 0.5) is 11.4 Å². The molecule has 0 fully saturated rings. The predicted molar refractivity (Wildman–Crippen MR) is 144 cm³/mol. The molecule has 1 aromatic carbocycles. The monoisotopic (exact) mass is 589 g/mol. The summed E-state index contributed by atoms with van der Waals surface area (Å²) in [4.78, 5) is 36.6. The molecule has 0 radical (unpaired) electrons. The van der Waals surface area contributed by atoms with E-state index in [0.717, 1.165) is 10.3 Å². The third-order valence-electron chi connectivity index (χ3n) is 5.62. The molecule has 0 spiro atoms. The van der Waals surface area contributed by atoms with E-state index in [-0.39, 0.29) is 30.0 Å². The number of anilines is 2. The van der Waals surface area contributed by atoms with Crippen LogP contribution in [0.15, 0.2) is 59.6 Å². The first-order valence-electron chi connectivity index (χ1n) is 10.9. The van der Waals surface area contributed by atoms with Crippen LogP contribution in [0, 0.1) is 6.92 Å². The Hall–Kier alpha value is -3.14. The number of imidazole rings is 1. The van der Waals surface area contributed by atoms with E-state index in [4.69, 9.17) is 27.9 Å². The first-order chi connectivity index (χ1) is 17.2. The second kappa shape index (κ2) is 10.9. The fraction of sp³-hybridized carbons (Fsp3) is 0.200. The molecule has 0 saturated carbocycles. The molecule has 0 saturated heterocycles. The highest BCUT2D eigenvalue weighted by molar-refractivity contribution is 9.10. The van der Waals surface area contributed by atoms with Gasteiger partial charge in [-0.25, -0.2) is 4.98 Å². The van der Waals surface area contributed by atoms with Crippen molar-refractivity contribution in [1.29, 1.82) is 0 Å². The second-order valence-electron chi connectivity index (χ2n) is 7.97. The molecule has 36 heavy (non-hydrogen) atoms. The molecule has 0 bridgehead atoms. The maximum atomic E-state index is 13.1. The van der Waals surface area contributed by atoms with Gasteiger partial charge in [-0.05, 0) is 59.3 Å². The van der Waals surface area contributed by atoms with E-state index in [0.29, 0.717) is 33.4 Å². The van der Waals surface area contributed by atoms with Crippen LogP contribution in [-0.4, -0.2) is 39.8 Å². The fourth-order valence-corrected chi connectivity index (χ4v) is 4.62. The summed E-state index contributed by atoms with van der Waals surface area (Å²) < 4.78 is 8.76. The number of carbonyl (C=O) groups excluding carboxylic acids is 2. The van der Waals surface area contributed by atoms with E-state index >= 15 is 0 Å². The van der Waals surface area contributed by atoms with Crippen molar-refractivity contribution in [2.75, 3.05) is 23.4 Å². The average molecular weight is 591 g/mol. The quantitative estimate of drug-likeness (QED) is 0.276. The van der Waals surface area contributed by atoms with Gasteiger partial charge in [0.2, 0.25) is 11.8 Å². The van der Waals surface area contributed by atoms with E-state index in [9.17, 15) is 9.59 Å². The van der Waals surface area contributed by atoms with Crippen LogP contribution in [-0.2, 0) is 16.2 Å². The molecule has 0 aliphatic carbocycles. The summed E-state index contributed by atoms with van der Waals surface area (Å²) in [6.07, 6.45) is 5.00. The van der Waals surface area contributed by atoms with Crippen molar-refractivity contribution in [2.45, 2.75) is 20.5 Å². The smallest absolute Gasteiger partial charge is 0.246 e. The van der Waals surface area contributed by atoms with E-state index in [1.807, 2.05) is 29.7 Å². The van der Waals surface area contributed by atoms with Crippen molar-refractivity contribution in [3.8, 4) is 5.75 Å². The molecule has 11 heteroatoms. The Balaban J connectivity index is 1.56. The fourth-order valence-electron chi connectivity index (χ4n) is 3.64. The molecule has 4 rings (SSSR count). The van der Waals surface area contributed by atoms with Crippen molar-refractivity contribution in [1.82, 2.24) is 14.4 Å². The number of aromatic nitrogens is 3. The SMILES string of the molecule is CC(=O)N(CC(=O)N(C)c1ccc(Cl)c(COc2cccn3c(Br)c(C)nc23)c1Cl)c1cccnc1. The summed E-state index contributed by atoms with van der Waals surface area (Å²) >= 11 is 16.7. The number of hydrogen-bond acceptors (Lipinski definition) is 5. The zero-order chi connectivity index (χ0) is 26.0. The second-order valence-corrected chi connectivity index (χ2v) is 9.51. The molecular formula is C25H22BrCl2N5O3. The average Bonchev–Trinajstić information content (AvgIpc) is 3.16. The number of fused-ring (bicyclic) bond motifs is 1. The van der Waals surface area contributed by atoms with Crippen LogP contribution < -0.4 is 14.5 Å². The lowest BCUT2D eigenvalue weighted by Crippen LogP contribution is -2.41. The molecule has 0 aliphatic rings. The van der Waals surface area contributed by atoms with E-state index < -0.39 is 0 Å². The Morgan fingerprint density at radius 1 is 1.17 bits per heavy atom. The van der Waals surface area contributed by atoms with Crippen LogP contribution in [0.5, 0.6) is 5.75 Å². The van der Waals surface area contributed by atoms with Gasteiger partial charge < -0.3 is 14.5 Å². The number of carbonyl (C=O) groups is 2. The summed E-state index contributed by atoms with van der Waals surface area (Å²) in [5.41, 5.74) is 2.97. The molecule has 186 valence electrons. The number of likely N-dealkylation sites (N-methyl/N-ethyl adjacent to an activating group) is 1. The van der Waals surface area contributed by atoms with Gasteiger partial charge in [-0.15, -0.1) is 0 Å². The van der Waals surface area contributed by atoms with Gasteiger partial charge in [0.1, 0.15) is 17.8 Å². The molecule has 8 nitrogen and oxygen atoms in total. The Bertz CT molecular complexity index is 1440. The number of hydrogen-bond donors (Lipinski definition) is 0. The summed E-state index contributed by atoms with van der Waals surface area (Å²) in [7, 11) is 1.59. The van der Waals surface area contributed by atoms with E-state index in [1.54, 1.807) is 37.5 Å². The lowest BCUT2D eigenvalue weighted by Gasteiger charge is -2.25. The topological polar surface area (TPSA) is 80.0 Å². The zero-order valence-corrected chi connectivity index (χ0v) is 22.8. The van der Waals surface area contributed by atoms with Crippen molar-refractivity contribution >= 4 is 68.0 Å². The number of amides is 2. The minimum Gasteiger partial charge on any atom is -0.485 e. The highest BCUT2D eigenvalue weighted by Crippen LogP contribution is 2.35. The molecule has 0 atom stereocenters. The highest BCUT2D eigenvalue weighted by atomic mass is 79.9. The van der Waals surface area contributed by atoms with Crippen LogP contribution >= 0.6 is 39.1 Å². The van der Waals surface area contributed by atoms with Crippen LogP contribution in [0.1, 0.15) is 18.2 Å². The number of rotatable bonds is 7. The minimum absolute atomic E-state index is 0.0615. The van der Waals surface area contributed by atoms with Gasteiger partial charge in [0, 0.05) is 37.0 Å². The maximum absolute atomic E-state index is 13.1.